The zero-order valence-electron chi connectivity index (χ0n) is 10.6. The van der Waals surface area contributed by atoms with Gasteiger partial charge >= 0.3 is 0 Å². The Morgan fingerprint density at radius 3 is 2.32 bits per heavy atom. The van der Waals surface area contributed by atoms with Crippen LogP contribution in [-0.4, -0.2) is 12.1 Å². The minimum absolute atomic E-state index is 0.184. The number of aryl methyl sites for hydroxylation is 1. The number of hydrogen-bond donors (Lipinski definition) is 1. The Morgan fingerprint density at radius 2 is 1.63 bits per heavy atom. The van der Waals surface area contributed by atoms with Gasteiger partial charge in [0.15, 0.2) is 0 Å². The molecule has 3 heteroatoms. The van der Waals surface area contributed by atoms with Gasteiger partial charge in [0.25, 0.3) is 5.91 Å². The molecule has 2 rings (SSSR count). The Kier molecular flexibility index (Phi) is 4.87. The Morgan fingerprint density at radius 1 is 1.00 bits per heavy atom. The van der Waals surface area contributed by atoms with Gasteiger partial charge in [0.1, 0.15) is 0 Å². The average Bonchev–Trinajstić information content (AvgIpc) is 2.49. The van der Waals surface area contributed by atoms with Crippen LogP contribution in [0.2, 0.25) is 0 Å². The fourth-order valence-electron chi connectivity index (χ4n) is 1.70. The molecule has 2 aromatic rings. The largest absolute Gasteiger partial charge is 0.271 e. The zero-order chi connectivity index (χ0) is 13.3. The molecule has 3 nitrogen and oxygen atoms in total. The van der Waals surface area contributed by atoms with E-state index < -0.39 is 0 Å². The fraction of sp³-hybridized carbons (Fsp3) is 0.125. The van der Waals surface area contributed by atoms with Crippen molar-refractivity contribution in [2.24, 2.45) is 5.10 Å². The average molecular weight is 252 g/mol. The number of rotatable bonds is 5. The Labute approximate surface area is 113 Å². The van der Waals surface area contributed by atoms with Crippen molar-refractivity contribution >= 4 is 12.1 Å². The lowest BCUT2D eigenvalue weighted by molar-refractivity contribution is 0.0955. The number of hydrogen-bond acceptors (Lipinski definition) is 2. The van der Waals surface area contributed by atoms with E-state index in [1.54, 1.807) is 18.3 Å². The minimum atomic E-state index is -0.184. The number of hydrazone groups is 1. The third-order valence-electron chi connectivity index (χ3n) is 2.70. The first-order valence-electron chi connectivity index (χ1n) is 6.27. The molecule has 0 heterocycles. The van der Waals surface area contributed by atoms with E-state index in [0.717, 1.165) is 12.8 Å². The smallest absolute Gasteiger partial charge is 0.267 e. The van der Waals surface area contributed by atoms with Gasteiger partial charge in [0.2, 0.25) is 0 Å². The lowest BCUT2D eigenvalue weighted by Crippen LogP contribution is -2.17. The third kappa shape index (κ3) is 4.39. The van der Waals surface area contributed by atoms with E-state index in [1.165, 1.54) is 5.56 Å². The molecule has 0 bridgehead atoms. The van der Waals surface area contributed by atoms with Crippen LogP contribution in [0.1, 0.15) is 22.3 Å². The van der Waals surface area contributed by atoms with Crippen molar-refractivity contribution in [3.63, 3.8) is 0 Å². The van der Waals surface area contributed by atoms with Gasteiger partial charge in [-0.05, 0) is 30.5 Å². The van der Waals surface area contributed by atoms with Gasteiger partial charge in [-0.1, -0.05) is 48.5 Å². The molecule has 0 aliphatic rings. The maximum Gasteiger partial charge on any atom is 0.271 e. The highest BCUT2D eigenvalue weighted by Crippen LogP contribution is 2.01. The predicted molar refractivity (Wildman–Crippen MR) is 77.2 cm³/mol. The van der Waals surface area contributed by atoms with Crippen LogP contribution >= 0.6 is 0 Å². The quantitative estimate of drug-likeness (QED) is 0.645. The van der Waals surface area contributed by atoms with Gasteiger partial charge in [-0.25, -0.2) is 5.43 Å². The number of carbonyl (C=O) groups is 1. The summed E-state index contributed by atoms with van der Waals surface area (Å²) in [4.78, 5) is 11.7. The molecule has 0 aromatic heterocycles. The first-order valence-corrected chi connectivity index (χ1v) is 6.27. The van der Waals surface area contributed by atoms with E-state index in [2.05, 4.69) is 22.7 Å². The molecule has 96 valence electrons. The molecule has 1 amide bonds. The molecule has 0 aliphatic heterocycles. The fourth-order valence-corrected chi connectivity index (χ4v) is 1.70. The van der Waals surface area contributed by atoms with Crippen molar-refractivity contribution in [1.82, 2.24) is 5.43 Å². The highest BCUT2D eigenvalue weighted by atomic mass is 16.2. The van der Waals surface area contributed by atoms with Crippen molar-refractivity contribution in [1.29, 1.82) is 0 Å². The zero-order valence-corrected chi connectivity index (χ0v) is 10.6. The van der Waals surface area contributed by atoms with Crippen LogP contribution in [0, 0.1) is 0 Å². The summed E-state index contributed by atoms with van der Waals surface area (Å²) in [5, 5.41) is 3.94. The second-order valence-corrected chi connectivity index (χ2v) is 4.14. The maximum absolute atomic E-state index is 11.7. The van der Waals surface area contributed by atoms with Gasteiger partial charge in [-0.2, -0.15) is 5.10 Å². The number of amides is 1. The normalized spacial score (nSPS) is 10.5. The summed E-state index contributed by atoms with van der Waals surface area (Å²) < 4.78 is 0. The lowest BCUT2D eigenvalue weighted by Gasteiger charge is -1.99. The lowest BCUT2D eigenvalue weighted by atomic mass is 10.1. The molecular formula is C16H16N2O. The predicted octanol–water partition coefficient (Wildman–Crippen LogP) is 3.04. The van der Waals surface area contributed by atoms with Crippen LogP contribution in [0.3, 0.4) is 0 Å². The van der Waals surface area contributed by atoms with Crippen LogP contribution in [0.5, 0.6) is 0 Å². The summed E-state index contributed by atoms with van der Waals surface area (Å²) in [7, 11) is 0. The van der Waals surface area contributed by atoms with Gasteiger partial charge in [0, 0.05) is 11.8 Å². The van der Waals surface area contributed by atoms with Crippen molar-refractivity contribution in [3.05, 3.63) is 71.8 Å². The van der Waals surface area contributed by atoms with Crippen molar-refractivity contribution < 1.29 is 4.79 Å². The van der Waals surface area contributed by atoms with Gasteiger partial charge in [0.05, 0.1) is 0 Å². The second kappa shape index (κ2) is 7.11. The molecule has 0 aliphatic carbocycles. The van der Waals surface area contributed by atoms with Gasteiger partial charge < -0.3 is 0 Å². The SMILES string of the molecule is O=C(NN=CCCc1ccccc1)c1ccccc1. The maximum atomic E-state index is 11.7. The number of carbonyl (C=O) groups excluding carboxylic acids is 1. The standard InChI is InChI=1S/C16H16N2O/c19-16(15-11-5-2-6-12-15)18-17-13-7-10-14-8-3-1-4-9-14/h1-6,8-9,11-13H,7,10H2,(H,18,19). The molecule has 0 fully saturated rings. The molecule has 1 N–H and O–H groups in total. The summed E-state index contributed by atoms with van der Waals surface area (Å²) in [6, 6.07) is 19.2. The minimum Gasteiger partial charge on any atom is -0.267 e. The number of benzene rings is 2. The Hall–Kier alpha value is -2.42. The summed E-state index contributed by atoms with van der Waals surface area (Å²) in [5.41, 5.74) is 4.40. The van der Waals surface area contributed by atoms with Crippen molar-refractivity contribution in [2.75, 3.05) is 0 Å². The summed E-state index contributed by atoms with van der Waals surface area (Å²) in [6.07, 6.45) is 3.46. The summed E-state index contributed by atoms with van der Waals surface area (Å²) in [6.45, 7) is 0. The van der Waals surface area contributed by atoms with Gasteiger partial charge in [-0.3, -0.25) is 4.79 Å². The summed E-state index contributed by atoms with van der Waals surface area (Å²) >= 11 is 0. The van der Waals surface area contributed by atoms with Crippen LogP contribution in [0.4, 0.5) is 0 Å². The second-order valence-electron chi connectivity index (χ2n) is 4.14. The number of nitrogens with one attached hydrogen (secondary N) is 1. The first-order chi connectivity index (χ1) is 9.36. The summed E-state index contributed by atoms with van der Waals surface area (Å²) in [5.74, 6) is -0.184. The molecule has 19 heavy (non-hydrogen) atoms. The van der Waals surface area contributed by atoms with E-state index in [1.807, 2.05) is 36.4 Å². The van der Waals surface area contributed by atoms with E-state index in [9.17, 15) is 4.79 Å². The molecule has 2 aromatic carbocycles. The highest BCUT2D eigenvalue weighted by molar-refractivity contribution is 5.94. The molecule has 0 radical (unpaired) electrons. The van der Waals surface area contributed by atoms with Crippen molar-refractivity contribution in [2.45, 2.75) is 12.8 Å². The van der Waals surface area contributed by atoms with E-state index in [4.69, 9.17) is 0 Å². The molecule has 0 spiro atoms. The third-order valence-corrected chi connectivity index (χ3v) is 2.70. The van der Waals surface area contributed by atoms with Gasteiger partial charge in [-0.15, -0.1) is 0 Å². The van der Waals surface area contributed by atoms with Crippen LogP contribution in [-0.2, 0) is 6.42 Å². The topological polar surface area (TPSA) is 41.5 Å². The Bertz CT molecular complexity index is 535. The van der Waals surface area contributed by atoms with Crippen LogP contribution < -0.4 is 5.43 Å². The van der Waals surface area contributed by atoms with Crippen LogP contribution in [0.25, 0.3) is 0 Å². The monoisotopic (exact) mass is 252 g/mol. The molecule has 0 saturated heterocycles. The molecule has 0 saturated carbocycles. The number of nitrogens with zero attached hydrogens (tertiary/aromatic N) is 1. The van der Waals surface area contributed by atoms with Crippen LogP contribution in [0.15, 0.2) is 65.8 Å². The van der Waals surface area contributed by atoms with E-state index >= 15 is 0 Å². The Balaban J connectivity index is 1.74. The van der Waals surface area contributed by atoms with Crippen molar-refractivity contribution in [3.8, 4) is 0 Å². The van der Waals surface area contributed by atoms with E-state index in [0.29, 0.717) is 5.56 Å². The molecule has 0 unspecified atom stereocenters. The highest BCUT2D eigenvalue weighted by Gasteiger charge is 2.00. The molecule has 0 atom stereocenters. The van der Waals surface area contributed by atoms with E-state index in [-0.39, 0.29) is 5.91 Å². The first kappa shape index (κ1) is 13.0. The molecular weight excluding hydrogens is 236 g/mol.